The zero-order valence-corrected chi connectivity index (χ0v) is 46.6. The number of halogens is 1. The van der Waals surface area contributed by atoms with Gasteiger partial charge in [0.1, 0.15) is 0 Å². The van der Waals surface area contributed by atoms with E-state index in [0.29, 0.717) is 0 Å². The molecule has 0 radical (unpaired) electrons. The lowest BCUT2D eigenvalue weighted by Gasteiger charge is -2.33. The SMILES string of the molecule is Cc1ccc2cc(-c3ccc4c(c3)-c3ccccc3C4(C)c3cc(-c4ccc5cc(I)ccc5c4)cc4c3-c3ccccc3C4(C)Cc3cccc4c3-c3cccc(-c5ccc6cc(C)ccc6c5)c3C4(C)C)ccc2c1. The van der Waals surface area contributed by atoms with Crippen molar-refractivity contribution in [3.05, 3.63) is 284 Å². The monoisotopic (exact) mass is 1100 g/mol. The second kappa shape index (κ2) is 16.8. The first-order chi connectivity index (χ1) is 37.3. The van der Waals surface area contributed by atoms with Gasteiger partial charge < -0.3 is 0 Å². The first-order valence-corrected chi connectivity index (χ1v) is 28.4. The van der Waals surface area contributed by atoms with Crippen LogP contribution in [0.4, 0.5) is 0 Å². The smallest absolute Gasteiger partial charge is 0.0442 e. The van der Waals surface area contributed by atoms with E-state index in [1.54, 1.807) is 0 Å². The summed E-state index contributed by atoms with van der Waals surface area (Å²) in [6.45, 7) is 14.3. The molecule has 0 fully saturated rings. The standard InChI is InChI=1S/C76H57I/c1-45-21-23-49-37-51(26-25-47(49)35-45)55-32-34-67-64(41-55)61-14-7-10-19-66(61)76(67,6)70-43-58(53-27-28-54-40-59(77)33-31-52(54)38-53)42-69-72(70)62-15-8-9-18-65(62)75(69,5)44-57-13-11-20-68-71(57)63-17-12-16-60(73(63)74(68,3)4)56-30-29-48-36-46(2)22-24-50(48)39-56/h7-43H,44H2,1-6H3. The van der Waals surface area contributed by atoms with Crippen LogP contribution < -0.4 is 0 Å². The molecule has 0 nitrogen and oxygen atoms in total. The Hall–Kier alpha value is -7.85. The van der Waals surface area contributed by atoms with Crippen molar-refractivity contribution >= 4 is 54.9 Å². The van der Waals surface area contributed by atoms with E-state index < -0.39 is 5.41 Å². The highest BCUT2D eigenvalue weighted by atomic mass is 127. The molecule has 0 bridgehead atoms. The van der Waals surface area contributed by atoms with Crippen molar-refractivity contribution < 1.29 is 0 Å². The summed E-state index contributed by atoms with van der Waals surface area (Å²) in [6.07, 6.45) is 0.854. The molecule has 1 heteroatoms. The summed E-state index contributed by atoms with van der Waals surface area (Å²) in [6, 6.07) is 86.8. The third kappa shape index (κ3) is 6.88. The van der Waals surface area contributed by atoms with Crippen LogP contribution in [-0.4, -0.2) is 0 Å². The molecule has 77 heavy (non-hydrogen) atoms. The van der Waals surface area contributed by atoms with E-state index in [-0.39, 0.29) is 10.8 Å². The first kappa shape index (κ1) is 46.5. The maximum absolute atomic E-state index is 2.59. The van der Waals surface area contributed by atoms with Gasteiger partial charge >= 0.3 is 0 Å². The fraction of sp³-hybridized carbons (Fsp3) is 0.132. The molecule has 0 heterocycles. The molecule has 2 unspecified atom stereocenters. The molecule has 15 rings (SSSR count). The van der Waals surface area contributed by atoms with E-state index >= 15 is 0 Å². The van der Waals surface area contributed by atoms with Crippen LogP contribution >= 0.6 is 22.6 Å². The van der Waals surface area contributed by atoms with Gasteiger partial charge in [-0.2, -0.15) is 0 Å². The number of fused-ring (bicyclic) bond motifs is 12. The predicted molar refractivity (Wildman–Crippen MR) is 334 cm³/mol. The Labute approximate surface area is 466 Å². The van der Waals surface area contributed by atoms with Gasteiger partial charge in [0.2, 0.25) is 0 Å². The topological polar surface area (TPSA) is 0 Å². The van der Waals surface area contributed by atoms with Gasteiger partial charge in [-0.05, 0) is 242 Å². The number of hydrogen-bond acceptors (Lipinski definition) is 0. The highest BCUT2D eigenvalue weighted by Crippen LogP contribution is 2.62. The minimum Gasteiger partial charge on any atom is -0.0619 e. The highest BCUT2D eigenvalue weighted by Gasteiger charge is 2.49. The molecular formula is C76H57I. The lowest BCUT2D eigenvalue weighted by Crippen LogP contribution is -2.27. The number of aryl methyl sites for hydroxylation is 2. The Morgan fingerprint density at radius 1 is 0.325 bits per heavy atom. The molecule has 0 spiro atoms. The van der Waals surface area contributed by atoms with Gasteiger partial charge in [-0.15, -0.1) is 0 Å². The van der Waals surface area contributed by atoms with Crippen molar-refractivity contribution in [1.29, 1.82) is 0 Å². The normalized spacial score (nSPS) is 17.3. The number of benzene rings is 12. The molecule has 0 amide bonds. The van der Waals surface area contributed by atoms with Crippen molar-refractivity contribution in [2.45, 2.75) is 64.2 Å². The van der Waals surface area contributed by atoms with Crippen LogP contribution in [0.3, 0.4) is 0 Å². The van der Waals surface area contributed by atoms with Crippen molar-refractivity contribution in [3.63, 3.8) is 0 Å². The van der Waals surface area contributed by atoms with E-state index in [0.717, 1.165) is 6.42 Å². The largest absolute Gasteiger partial charge is 0.0619 e. The zero-order chi connectivity index (χ0) is 52.1. The van der Waals surface area contributed by atoms with Crippen LogP contribution in [0.15, 0.2) is 224 Å². The number of rotatable bonds is 6. The van der Waals surface area contributed by atoms with Crippen LogP contribution in [0.25, 0.3) is 99.1 Å². The summed E-state index contributed by atoms with van der Waals surface area (Å²) in [7, 11) is 0. The second-order valence-corrected chi connectivity index (χ2v) is 24.7. The average molecular weight is 1100 g/mol. The fourth-order valence-corrected chi connectivity index (χ4v) is 15.2. The first-order valence-electron chi connectivity index (χ1n) is 27.4. The third-order valence-corrected chi connectivity index (χ3v) is 19.1. The second-order valence-electron chi connectivity index (χ2n) is 23.5. The Kier molecular flexibility index (Phi) is 10.1. The van der Waals surface area contributed by atoms with Gasteiger partial charge in [-0.25, -0.2) is 0 Å². The highest BCUT2D eigenvalue weighted by molar-refractivity contribution is 14.1. The van der Waals surface area contributed by atoms with Gasteiger partial charge in [-0.3, -0.25) is 0 Å². The molecule has 3 aliphatic carbocycles. The molecule has 0 aromatic heterocycles. The third-order valence-electron chi connectivity index (χ3n) is 18.5. The Bertz CT molecular complexity index is 4530. The Morgan fingerprint density at radius 3 is 1.57 bits per heavy atom. The summed E-state index contributed by atoms with van der Waals surface area (Å²) >= 11 is 2.44. The molecule has 12 aromatic carbocycles. The minimum absolute atomic E-state index is 0.203. The van der Waals surface area contributed by atoms with Crippen molar-refractivity contribution in [3.8, 4) is 66.8 Å². The van der Waals surface area contributed by atoms with E-state index in [1.807, 2.05) is 0 Å². The van der Waals surface area contributed by atoms with Crippen molar-refractivity contribution in [2.75, 3.05) is 0 Å². The van der Waals surface area contributed by atoms with Crippen LogP contribution in [0.5, 0.6) is 0 Å². The van der Waals surface area contributed by atoms with Crippen molar-refractivity contribution in [2.24, 2.45) is 0 Å². The molecule has 0 saturated heterocycles. The molecular weight excluding hydrogens is 1040 g/mol. The van der Waals surface area contributed by atoms with Gasteiger partial charge in [0.15, 0.2) is 0 Å². The predicted octanol–water partition coefficient (Wildman–Crippen LogP) is 20.5. The molecule has 2 atom stereocenters. The molecule has 368 valence electrons. The van der Waals surface area contributed by atoms with Crippen LogP contribution in [0.2, 0.25) is 0 Å². The minimum atomic E-state index is -0.467. The zero-order valence-electron chi connectivity index (χ0n) is 44.4. The van der Waals surface area contributed by atoms with E-state index in [1.165, 1.54) is 158 Å². The molecule has 3 aliphatic rings. The van der Waals surface area contributed by atoms with Gasteiger partial charge in [0, 0.05) is 19.8 Å². The van der Waals surface area contributed by atoms with Crippen molar-refractivity contribution in [1.82, 2.24) is 0 Å². The van der Waals surface area contributed by atoms with Crippen LogP contribution in [-0.2, 0) is 22.7 Å². The molecule has 0 saturated carbocycles. The Morgan fingerprint density at radius 2 is 0.831 bits per heavy atom. The van der Waals surface area contributed by atoms with E-state index in [2.05, 4.69) is 289 Å². The maximum Gasteiger partial charge on any atom is 0.0442 e. The molecule has 0 aliphatic heterocycles. The lowest BCUT2D eigenvalue weighted by atomic mass is 9.69. The summed E-state index contributed by atoms with van der Waals surface area (Å²) in [5, 5.41) is 7.64. The van der Waals surface area contributed by atoms with Crippen LogP contribution in [0, 0.1) is 17.4 Å². The van der Waals surface area contributed by atoms with Gasteiger partial charge in [0.05, 0.1) is 0 Å². The number of hydrogen-bond donors (Lipinski definition) is 0. The van der Waals surface area contributed by atoms with Gasteiger partial charge in [-0.1, -0.05) is 208 Å². The average Bonchev–Trinajstić information content (AvgIpc) is 3.98. The summed E-state index contributed by atoms with van der Waals surface area (Å²) in [5.74, 6) is 0. The quantitative estimate of drug-likeness (QED) is 0.146. The van der Waals surface area contributed by atoms with Gasteiger partial charge in [0.25, 0.3) is 0 Å². The summed E-state index contributed by atoms with van der Waals surface area (Å²) < 4.78 is 1.25. The lowest BCUT2D eigenvalue weighted by molar-refractivity contribution is 0.581. The molecule has 0 N–H and O–H groups in total. The summed E-state index contributed by atoms with van der Waals surface area (Å²) in [4.78, 5) is 0. The van der Waals surface area contributed by atoms with E-state index in [9.17, 15) is 0 Å². The van der Waals surface area contributed by atoms with Crippen LogP contribution in [0.1, 0.15) is 83.3 Å². The Balaban J connectivity index is 0.939. The van der Waals surface area contributed by atoms with E-state index in [4.69, 9.17) is 0 Å². The molecule has 12 aromatic rings. The summed E-state index contributed by atoms with van der Waals surface area (Å²) in [5.41, 5.74) is 28.4. The maximum atomic E-state index is 2.59. The fourth-order valence-electron chi connectivity index (χ4n) is 14.7.